The highest BCUT2D eigenvalue weighted by molar-refractivity contribution is 5.88. The van der Waals surface area contributed by atoms with Gasteiger partial charge in [0.05, 0.1) is 6.26 Å². The molecule has 1 aromatic heterocycles. The van der Waals surface area contributed by atoms with Crippen molar-refractivity contribution >= 4 is 5.91 Å². The molecule has 86 valence electrons. The van der Waals surface area contributed by atoms with Crippen LogP contribution in [0.15, 0.2) is 53.1 Å². The Hall–Kier alpha value is -2.23. The predicted octanol–water partition coefficient (Wildman–Crippen LogP) is 1.90. The van der Waals surface area contributed by atoms with Crippen LogP contribution in [0.25, 0.3) is 0 Å². The van der Waals surface area contributed by atoms with Crippen molar-refractivity contribution in [1.82, 2.24) is 5.32 Å². The highest BCUT2D eigenvalue weighted by Crippen LogP contribution is 2.28. The largest absolute Gasteiger partial charge is 0.478 e. The van der Waals surface area contributed by atoms with E-state index in [1.165, 1.54) is 0 Å². The molecule has 1 aromatic carbocycles. The third kappa shape index (κ3) is 1.78. The van der Waals surface area contributed by atoms with E-state index in [1.54, 1.807) is 12.3 Å². The number of β-lactam (4-membered cyclic amide) rings is 1. The molecule has 0 spiro atoms. The zero-order valence-corrected chi connectivity index (χ0v) is 9.00. The van der Waals surface area contributed by atoms with Crippen LogP contribution >= 0.6 is 0 Å². The summed E-state index contributed by atoms with van der Waals surface area (Å²) in [5.74, 6) is 1.28. The Labute approximate surface area is 98.2 Å². The number of nitrogens with one attached hydrogen (secondary N) is 1. The molecule has 1 aliphatic rings. The fourth-order valence-corrected chi connectivity index (χ4v) is 1.82. The van der Waals surface area contributed by atoms with Crippen LogP contribution in [0, 0.1) is 0 Å². The lowest BCUT2D eigenvalue weighted by atomic mass is 9.99. The van der Waals surface area contributed by atoms with Gasteiger partial charge in [0.2, 0.25) is 6.10 Å². The van der Waals surface area contributed by atoms with Crippen molar-refractivity contribution in [2.75, 3.05) is 0 Å². The Bertz CT molecular complexity index is 507. The number of benzene rings is 1. The number of carbonyl (C=O) groups is 1. The smallest absolute Gasteiger partial charge is 0.264 e. The number of ether oxygens (including phenoxy) is 1. The van der Waals surface area contributed by atoms with Crippen LogP contribution in [0.3, 0.4) is 0 Å². The van der Waals surface area contributed by atoms with Crippen molar-refractivity contribution in [3.05, 3.63) is 54.5 Å². The Morgan fingerprint density at radius 2 is 1.94 bits per heavy atom. The number of hydrogen-bond donors (Lipinski definition) is 1. The topological polar surface area (TPSA) is 51.5 Å². The maximum Gasteiger partial charge on any atom is 0.264 e. The zero-order valence-electron chi connectivity index (χ0n) is 9.00. The van der Waals surface area contributed by atoms with Crippen LogP contribution in [0.2, 0.25) is 0 Å². The van der Waals surface area contributed by atoms with Gasteiger partial charge >= 0.3 is 0 Å². The second-order valence-electron chi connectivity index (χ2n) is 3.85. The fourth-order valence-electron chi connectivity index (χ4n) is 1.82. The van der Waals surface area contributed by atoms with Gasteiger partial charge < -0.3 is 14.5 Å². The first kappa shape index (κ1) is 9.96. The standard InChI is InChI=1S/C13H11NO3/c15-13-12(17-9-5-2-1-3-6-9)11(14-13)10-7-4-8-16-10/h1-8,11-12H,(H,14,15). The molecule has 3 rings (SSSR count). The van der Waals surface area contributed by atoms with Crippen LogP contribution < -0.4 is 10.1 Å². The second kappa shape index (κ2) is 3.97. The van der Waals surface area contributed by atoms with Gasteiger partial charge in [0, 0.05) is 0 Å². The Morgan fingerprint density at radius 3 is 2.59 bits per heavy atom. The van der Waals surface area contributed by atoms with Gasteiger partial charge in [-0.25, -0.2) is 0 Å². The van der Waals surface area contributed by atoms with E-state index < -0.39 is 6.10 Å². The van der Waals surface area contributed by atoms with Gasteiger partial charge in [-0.3, -0.25) is 4.79 Å². The third-order valence-electron chi connectivity index (χ3n) is 2.71. The summed E-state index contributed by atoms with van der Waals surface area (Å²) >= 11 is 0. The van der Waals surface area contributed by atoms with Gasteiger partial charge in [-0.05, 0) is 24.3 Å². The Balaban J connectivity index is 1.76. The summed E-state index contributed by atoms with van der Waals surface area (Å²) in [5.41, 5.74) is 0. The van der Waals surface area contributed by atoms with Gasteiger partial charge in [0.1, 0.15) is 17.6 Å². The minimum atomic E-state index is -0.511. The first-order chi connectivity index (χ1) is 8.34. The summed E-state index contributed by atoms with van der Waals surface area (Å²) in [6.07, 6.45) is 1.07. The van der Waals surface area contributed by atoms with Crippen molar-refractivity contribution in [2.24, 2.45) is 0 Å². The van der Waals surface area contributed by atoms with Crippen LogP contribution in [0.1, 0.15) is 11.8 Å². The van der Waals surface area contributed by atoms with Crippen LogP contribution in [-0.4, -0.2) is 12.0 Å². The molecule has 17 heavy (non-hydrogen) atoms. The average Bonchev–Trinajstić information content (AvgIpc) is 2.88. The fraction of sp³-hybridized carbons (Fsp3) is 0.154. The zero-order chi connectivity index (χ0) is 11.7. The molecule has 1 amide bonds. The number of rotatable bonds is 3. The first-order valence-corrected chi connectivity index (χ1v) is 5.40. The van der Waals surface area contributed by atoms with E-state index in [1.807, 2.05) is 36.4 Å². The predicted molar refractivity (Wildman–Crippen MR) is 60.4 cm³/mol. The van der Waals surface area contributed by atoms with Crippen LogP contribution in [0.5, 0.6) is 5.75 Å². The molecule has 0 radical (unpaired) electrons. The van der Waals surface area contributed by atoms with E-state index >= 15 is 0 Å². The number of amides is 1. The van der Waals surface area contributed by atoms with Crippen LogP contribution in [0.4, 0.5) is 0 Å². The van der Waals surface area contributed by atoms with Gasteiger partial charge in [0.25, 0.3) is 5.91 Å². The summed E-state index contributed by atoms with van der Waals surface area (Å²) in [6, 6.07) is 12.7. The van der Waals surface area contributed by atoms with Crippen molar-refractivity contribution in [1.29, 1.82) is 0 Å². The Morgan fingerprint density at radius 1 is 1.12 bits per heavy atom. The highest BCUT2D eigenvalue weighted by Gasteiger charge is 2.44. The SMILES string of the molecule is O=C1NC(c2ccco2)C1Oc1ccccc1. The quantitative estimate of drug-likeness (QED) is 0.818. The lowest BCUT2D eigenvalue weighted by Crippen LogP contribution is -2.58. The van der Waals surface area contributed by atoms with E-state index in [9.17, 15) is 4.79 Å². The molecule has 4 nitrogen and oxygen atoms in total. The number of furan rings is 1. The molecule has 1 saturated heterocycles. The molecule has 2 heterocycles. The molecule has 2 unspecified atom stereocenters. The summed E-state index contributed by atoms with van der Waals surface area (Å²) in [4.78, 5) is 11.5. The molecule has 1 aliphatic heterocycles. The van der Waals surface area contributed by atoms with E-state index in [4.69, 9.17) is 9.15 Å². The van der Waals surface area contributed by atoms with Gasteiger partial charge in [0.15, 0.2) is 0 Å². The number of hydrogen-bond acceptors (Lipinski definition) is 3. The van der Waals surface area contributed by atoms with Crippen molar-refractivity contribution < 1.29 is 13.9 Å². The number of para-hydroxylation sites is 1. The average molecular weight is 229 g/mol. The van der Waals surface area contributed by atoms with Crippen molar-refractivity contribution in [2.45, 2.75) is 12.1 Å². The summed E-state index contributed by atoms with van der Waals surface area (Å²) in [5, 5.41) is 2.76. The maximum atomic E-state index is 11.5. The van der Waals surface area contributed by atoms with E-state index in [0.717, 1.165) is 0 Å². The molecule has 2 atom stereocenters. The van der Waals surface area contributed by atoms with Gasteiger partial charge in [-0.1, -0.05) is 18.2 Å². The Kier molecular flexibility index (Phi) is 2.33. The van der Waals surface area contributed by atoms with E-state index in [-0.39, 0.29) is 11.9 Å². The molecular formula is C13H11NO3. The molecule has 4 heteroatoms. The van der Waals surface area contributed by atoms with E-state index in [0.29, 0.717) is 11.5 Å². The maximum absolute atomic E-state index is 11.5. The summed E-state index contributed by atoms with van der Waals surface area (Å²) in [7, 11) is 0. The summed E-state index contributed by atoms with van der Waals surface area (Å²) < 4.78 is 10.9. The van der Waals surface area contributed by atoms with E-state index in [2.05, 4.69) is 5.32 Å². The molecule has 2 aromatic rings. The monoisotopic (exact) mass is 229 g/mol. The summed E-state index contributed by atoms with van der Waals surface area (Å²) in [6.45, 7) is 0. The van der Waals surface area contributed by atoms with Crippen molar-refractivity contribution in [3.8, 4) is 5.75 Å². The van der Waals surface area contributed by atoms with Gasteiger partial charge in [-0.2, -0.15) is 0 Å². The minimum Gasteiger partial charge on any atom is -0.478 e. The molecule has 0 saturated carbocycles. The minimum absolute atomic E-state index is 0.116. The number of carbonyl (C=O) groups excluding carboxylic acids is 1. The highest BCUT2D eigenvalue weighted by atomic mass is 16.5. The molecule has 0 bridgehead atoms. The molecular weight excluding hydrogens is 218 g/mol. The normalized spacial score (nSPS) is 22.7. The molecule has 0 aliphatic carbocycles. The molecule has 1 N–H and O–H groups in total. The van der Waals surface area contributed by atoms with Gasteiger partial charge in [-0.15, -0.1) is 0 Å². The third-order valence-corrected chi connectivity index (χ3v) is 2.71. The molecule has 1 fully saturated rings. The lowest BCUT2D eigenvalue weighted by molar-refractivity contribution is -0.141. The first-order valence-electron chi connectivity index (χ1n) is 5.40. The second-order valence-corrected chi connectivity index (χ2v) is 3.85. The van der Waals surface area contributed by atoms with Crippen molar-refractivity contribution in [3.63, 3.8) is 0 Å². The lowest BCUT2D eigenvalue weighted by Gasteiger charge is -2.35. The van der Waals surface area contributed by atoms with Crippen LogP contribution in [-0.2, 0) is 4.79 Å².